The molecule has 2 heterocycles. The number of hydrogen-bond acceptors (Lipinski definition) is 5. The van der Waals surface area contributed by atoms with Gasteiger partial charge in [-0.1, -0.05) is 18.2 Å². The van der Waals surface area contributed by atoms with Gasteiger partial charge in [0, 0.05) is 43.0 Å². The summed E-state index contributed by atoms with van der Waals surface area (Å²) in [6.45, 7) is 3.46. The Balaban J connectivity index is 1.28. The summed E-state index contributed by atoms with van der Waals surface area (Å²) < 4.78 is 11.3. The molecule has 0 aliphatic carbocycles. The summed E-state index contributed by atoms with van der Waals surface area (Å²) >= 11 is 0. The van der Waals surface area contributed by atoms with Crippen molar-refractivity contribution < 1.29 is 14.3 Å². The molecule has 2 aromatic rings. The lowest BCUT2D eigenvalue weighted by Gasteiger charge is -2.17. The van der Waals surface area contributed by atoms with Crippen molar-refractivity contribution in [3.63, 3.8) is 0 Å². The zero-order valence-corrected chi connectivity index (χ0v) is 15.3. The normalized spacial score (nSPS) is 19.3. The second-order valence-corrected chi connectivity index (χ2v) is 6.99. The number of likely N-dealkylation sites (tertiary alicyclic amines) is 1. The number of ether oxygens (including phenoxy) is 2. The van der Waals surface area contributed by atoms with Gasteiger partial charge in [0.2, 0.25) is 5.91 Å². The fourth-order valence-electron chi connectivity index (χ4n) is 3.51. The quantitative estimate of drug-likeness (QED) is 0.851. The highest BCUT2D eigenvalue weighted by Crippen LogP contribution is 2.32. The number of rotatable bonds is 5. The smallest absolute Gasteiger partial charge is 0.238 e. The zero-order valence-electron chi connectivity index (χ0n) is 15.3. The van der Waals surface area contributed by atoms with Gasteiger partial charge in [0.05, 0.1) is 19.8 Å². The highest BCUT2D eigenvalue weighted by atomic mass is 16.5. The Morgan fingerprint density at radius 3 is 2.70 bits per heavy atom. The number of para-hydroxylation sites is 1. The van der Waals surface area contributed by atoms with Crippen LogP contribution in [-0.4, -0.2) is 49.7 Å². The molecule has 1 amide bonds. The van der Waals surface area contributed by atoms with E-state index in [1.54, 1.807) is 0 Å². The van der Waals surface area contributed by atoms with Crippen molar-refractivity contribution in [3.8, 4) is 11.5 Å². The minimum Gasteiger partial charge on any atom is -0.490 e. The van der Waals surface area contributed by atoms with Gasteiger partial charge < -0.3 is 20.1 Å². The predicted molar refractivity (Wildman–Crippen MR) is 106 cm³/mol. The van der Waals surface area contributed by atoms with Gasteiger partial charge in [0.15, 0.2) is 11.5 Å². The van der Waals surface area contributed by atoms with Gasteiger partial charge >= 0.3 is 0 Å². The van der Waals surface area contributed by atoms with Crippen molar-refractivity contribution in [2.75, 3.05) is 43.5 Å². The van der Waals surface area contributed by atoms with E-state index in [1.807, 2.05) is 36.4 Å². The second-order valence-electron chi connectivity index (χ2n) is 6.99. The molecule has 2 aliphatic heterocycles. The molecule has 142 valence electrons. The highest BCUT2D eigenvalue weighted by molar-refractivity contribution is 5.92. The zero-order chi connectivity index (χ0) is 18.5. The third-order valence-corrected chi connectivity index (χ3v) is 4.82. The van der Waals surface area contributed by atoms with E-state index in [0.29, 0.717) is 31.5 Å². The third kappa shape index (κ3) is 4.71. The summed E-state index contributed by atoms with van der Waals surface area (Å²) in [6.07, 6.45) is 1.90. The Bertz CT molecular complexity index is 781. The van der Waals surface area contributed by atoms with E-state index in [2.05, 4.69) is 27.7 Å². The van der Waals surface area contributed by atoms with Crippen molar-refractivity contribution >= 4 is 17.3 Å². The van der Waals surface area contributed by atoms with Crippen molar-refractivity contribution in [2.24, 2.45) is 0 Å². The van der Waals surface area contributed by atoms with Crippen LogP contribution in [-0.2, 0) is 4.79 Å². The summed E-state index contributed by atoms with van der Waals surface area (Å²) in [5.41, 5.74) is 1.86. The average molecular weight is 367 g/mol. The molecule has 6 nitrogen and oxygen atoms in total. The number of anilines is 2. The SMILES string of the molecule is O=C(CN1CCC(Nc2ccccc2)C1)Nc1ccc2c(c1)OCCCO2. The van der Waals surface area contributed by atoms with Gasteiger partial charge in [-0.3, -0.25) is 9.69 Å². The molecule has 1 saturated heterocycles. The van der Waals surface area contributed by atoms with E-state index in [1.165, 1.54) is 0 Å². The maximum absolute atomic E-state index is 12.4. The van der Waals surface area contributed by atoms with Crippen LogP contribution in [0.15, 0.2) is 48.5 Å². The third-order valence-electron chi connectivity index (χ3n) is 4.82. The first-order valence-corrected chi connectivity index (χ1v) is 9.50. The fourth-order valence-corrected chi connectivity index (χ4v) is 3.51. The first kappa shape index (κ1) is 17.7. The van der Waals surface area contributed by atoms with Crippen LogP contribution < -0.4 is 20.1 Å². The van der Waals surface area contributed by atoms with Crippen LogP contribution in [0, 0.1) is 0 Å². The first-order valence-electron chi connectivity index (χ1n) is 9.50. The maximum Gasteiger partial charge on any atom is 0.238 e. The number of hydrogen-bond donors (Lipinski definition) is 2. The van der Waals surface area contributed by atoms with Crippen molar-refractivity contribution in [2.45, 2.75) is 18.9 Å². The highest BCUT2D eigenvalue weighted by Gasteiger charge is 2.24. The molecule has 2 aliphatic rings. The van der Waals surface area contributed by atoms with Gasteiger partial charge in [0.1, 0.15) is 0 Å². The summed E-state index contributed by atoms with van der Waals surface area (Å²) in [5, 5.41) is 6.50. The van der Waals surface area contributed by atoms with Crippen molar-refractivity contribution in [1.82, 2.24) is 4.90 Å². The van der Waals surface area contributed by atoms with Crippen LogP contribution in [0.4, 0.5) is 11.4 Å². The molecule has 6 heteroatoms. The Morgan fingerprint density at radius 1 is 1.04 bits per heavy atom. The minimum absolute atomic E-state index is 0.00940. The number of benzene rings is 2. The number of amides is 1. The molecule has 0 spiro atoms. The lowest BCUT2D eigenvalue weighted by atomic mass is 10.2. The van der Waals surface area contributed by atoms with E-state index in [0.717, 1.165) is 43.1 Å². The fraction of sp³-hybridized carbons (Fsp3) is 0.381. The van der Waals surface area contributed by atoms with Crippen LogP contribution in [0.3, 0.4) is 0 Å². The molecular weight excluding hydrogens is 342 g/mol. The predicted octanol–water partition coefficient (Wildman–Crippen LogP) is 2.97. The Kier molecular flexibility index (Phi) is 5.44. The van der Waals surface area contributed by atoms with E-state index >= 15 is 0 Å². The number of carbonyl (C=O) groups is 1. The van der Waals surface area contributed by atoms with Crippen LogP contribution in [0.2, 0.25) is 0 Å². The summed E-state index contributed by atoms with van der Waals surface area (Å²) in [6, 6.07) is 16.1. The minimum atomic E-state index is -0.00940. The standard InChI is InChI=1S/C21H25N3O3/c25-21(23-17-7-8-19-20(13-17)27-12-4-11-26-19)15-24-10-9-18(14-24)22-16-5-2-1-3-6-16/h1-3,5-8,13,18,22H,4,9-12,14-15H2,(H,23,25). The van der Waals surface area contributed by atoms with Crippen LogP contribution >= 0.6 is 0 Å². The van der Waals surface area contributed by atoms with Crippen LogP contribution in [0.5, 0.6) is 11.5 Å². The summed E-state index contributed by atoms with van der Waals surface area (Å²) in [5.74, 6) is 1.42. The molecule has 0 aromatic heterocycles. The monoisotopic (exact) mass is 367 g/mol. The first-order chi connectivity index (χ1) is 13.3. The van der Waals surface area contributed by atoms with Crippen molar-refractivity contribution in [1.29, 1.82) is 0 Å². The van der Waals surface area contributed by atoms with E-state index in [4.69, 9.17) is 9.47 Å². The average Bonchev–Trinajstić information content (AvgIpc) is 2.96. The van der Waals surface area contributed by atoms with Gasteiger partial charge in [-0.25, -0.2) is 0 Å². The lowest BCUT2D eigenvalue weighted by molar-refractivity contribution is -0.117. The number of nitrogens with zero attached hydrogens (tertiary/aromatic N) is 1. The summed E-state index contributed by atoms with van der Waals surface area (Å²) in [7, 11) is 0. The van der Waals surface area contributed by atoms with Gasteiger partial charge in [-0.15, -0.1) is 0 Å². The molecule has 2 aromatic carbocycles. The molecule has 2 N–H and O–H groups in total. The number of fused-ring (bicyclic) bond motifs is 1. The maximum atomic E-state index is 12.4. The molecule has 4 rings (SSSR count). The Hall–Kier alpha value is -2.73. The molecule has 0 saturated carbocycles. The van der Waals surface area contributed by atoms with E-state index in [9.17, 15) is 4.79 Å². The van der Waals surface area contributed by atoms with Crippen LogP contribution in [0.25, 0.3) is 0 Å². The lowest BCUT2D eigenvalue weighted by Crippen LogP contribution is -2.33. The second kappa shape index (κ2) is 8.31. The van der Waals surface area contributed by atoms with Gasteiger partial charge in [-0.2, -0.15) is 0 Å². The topological polar surface area (TPSA) is 62.8 Å². The molecule has 0 radical (unpaired) electrons. The number of carbonyl (C=O) groups excluding carboxylic acids is 1. The number of nitrogens with one attached hydrogen (secondary N) is 2. The van der Waals surface area contributed by atoms with E-state index < -0.39 is 0 Å². The Labute approximate surface area is 159 Å². The van der Waals surface area contributed by atoms with Crippen molar-refractivity contribution in [3.05, 3.63) is 48.5 Å². The largest absolute Gasteiger partial charge is 0.490 e. The molecule has 1 atom stereocenters. The van der Waals surface area contributed by atoms with Gasteiger partial charge in [-0.05, 0) is 30.7 Å². The van der Waals surface area contributed by atoms with Crippen LogP contribution in [0.1, 0.15) is 12.8 Å². The molecule has 1 unspecified atom stereocenters. The molecular formula is C21H25N3O3. The molecule has 0 bridgehead atoms. The Morgan fingerprint density at radius 2 is 1.85 bits per heavy atom. The molecule has 27 heavy (non-hydrogen) atoms. The summed E-state index contributed by atoms with van der Waals surface area (Å²) in [4.78, 5) is 14.6. The van der Waals surface area contributed by atoms with Gasteiger partial charge in [0.25, 0.3) is 0 Å². The van der Waals surface area contributed by atoms with E-state index in [-0.39, 0.29) is 5.91 Å². The molecule has 1 fully saturated rings.